The van der Waals surface area contributed by atoms with Gasteiger partial charge >= 0.3 is 23.5 Å². The smallest absolute Gasteiger partial charge is 0.362 e. The Kier molecular flexibility index (Phi) is 9.85. The number of carbonyl (C=O) groups is 3. The minimum Gasteiger partial charge on any atom is -0.463 e. The number of piperidine rings is 1. The lowest BCUT2D eigenvalue weighted by Crippen LogP contribution is -2.53. The molecule has 0 N–H and O–H groups in total. The van der Waals surface area contributed by atoms with Crippen LogP contribution in [0.4, 0.5) is 0 Å². The van der Waals surface area contributed by atoms with Crippen molar-refractivity contribution in [3.8, 4) is 0 Å². The van der Waals surface area contributed by atoms with Gasteiger partial charge in [-0.1, -0.05) is 48.5 Å². The SMILES string of the molecule is CCOC(=O)C(CCC1CCCN(Cc2ccccc2)C1)(OC(=O)c1ccccc1)C(=O)OCC. The third kappa shape index (κ3) is 7.15. The minimum atomic E-state index is -2.14. The van der Waals surface area contributed by atoms with Gasteiger partial charge in [0.05, 0.1) is 18.8 Å². The monoisotopic (exact) mass is 481 g/mol. The van der Waals surface area contributed by atoms with Crippen molar-refractivity contribution in [2.24, 2.45) is 5.92 Å². The molecule has 7 nitrogen and oxygen atoms in total. The van der Waals surface area contributed by atoms with Crippen LogP contribution >= 0.6 is 0 Å². The van der Waals surface area contributed by atoms with Gasteiger partial charge in [0, 0.05) is 19.5 Å². The molecule has 3 rings (SSSR count). The second kappa shape index (κ2) is 13.0. The van der Waals surface area contributed by atoms with Crippen molar-refractivity contribution >= 4 is 17.9 Å². The summed E-state index contributed by atoms with van der Waals surface area (Å²) < 4.78 is 16.1. The maximum absolute atomic E-state index is 13.1. The highest BCUT2D eigenvalue weighted by Gasteiger charge is 2.53. The highest BCUT2D eigenvalue weighted by molar-refractivity contribution is 6.06. The zero-order chi connectivity index (χ0) is 25.1. The lowest BCUT2D eigenvalue weighted by atomic mass is 9.87. The van der Waals surface area contributed by atoms with Crippen molar-refractivity contribution in [2.75, 3.05) is 26.3 Å². The molecule has 0 bridgehead atoms. The Bertz CT molecular complexity index is 944. The molecule has 0 radical (unpaired) electrons. The van der Waals surface area contributed by atoms with Gasteiger partial charge in [0.1, 0.15) is 0 Å². The van der Waals surface area contributed by atoms with Crippen LogP contribution in [-0.4, -0.2) is 54.7 Å². The van der Waals surface area contributed by atoms with E-state index in [9.17, 15) is 14.4 Å². The van der Waals surface area contributed by atoms with Crippen LogP contribution in [0.25, 0.3) is 0 Å². The molecule has 7 heteroatoms. The molecule has 0 spiro atoms. The van der Waals surface area contributed by atoms with Crippen LogP contribution in [0.5, 0.6) is 0 Å². The molecular formula is C28H35NO6. The highest BCUT2D eigenvalue weighted by Crippen LogP contribution is 2.30. The summed E-state index contributed by atoms with van der Waals surface area (Å²) in [5.41, 5.74) is -0.643. The fourth-order valence-corrected chi connectivity index (χ4v) is 4.49. The van der Waals surface area contributed by atoms with Gasteiger partial charge < -0.3 is 14.2 Å². The van der Waals surface area contributed by atoms with Crippen LogP contribution in [0, 0.1) is 5.92 Å². The topological polar surface area (TPSA) is 82.1 Å². The summed E-state index contributed by atoms with van der Waals surface area (Å²) in [5.74, 6) is -2.30. The van der Waals surface area contributed by atoms with Crippen molar-refractivity contribution in [3.05, 3.63) is 71.8 Å². The van der Waals surface area contributed by atoms with Crippen molar-refractivity contribution < 1.29 is 28.6 Å². The van der Waals surface area contributed by atoms with Crippen LogP contribution < -0.4 is 0 Å². The molecule has 0 aromatic heterocycles. The van der Waals surface area contributed by atoms with E-state index in [1.807, 2.05) is 18.2 Å². The zero-order valence-electron chi connectivity index (χ0n) is 20.6. The third-order valence-electron chi connectivity index (χ3n) is 6.24. The number of rotatable bonds is 11. The van der Waals surface area contributed by atoms with Crippen LogP contribution in [0.3, 0.4) is 0 Å². The number of hydrogen-bond acceptors (Lipinski definition) is 7. The van der Waals surface area contributed by atoms with Gasteiger partial charge in [-0.2, -0.15) is 0 Å². The van der Waals surface area contributed by atoms with E-state index >= 15 is 0 Å². The number of likely N-dealkylation sites (tertiary alicyclic amines) is 1. The van der Waals surface area contributed by atoms with Gasteiger partial charge in [0.15, 0.2) is 0 Å². The Labute approximate surface area is 207 Å². The molecule has 1 fully saturated rings. The standard InChI is InChI=1S/C28H35NO6/c1-3-33-26(31)28(27(32)34-4-2,35-25(30)24-15-9-6-10-16-24)18-17-23-14-11-19-29(21-23)20-22-12-7-5-8-13-22/h5-10,12-13,15-16,23H,3-4,11,14,17-21H2,1-2H3. The van der Waals surface area contributed by atoms with Gasteiger partial charge in [0.25, 0.3) is 0 Å². The lowest BCUT2D eigenvalue weighted by Gasteiger charge is -2.35. The first-order valence-electron chi connectivity index (χ1n) is 12.4. The molecule has 1 saturated heterocycles. The summed E-state index contributed by atoms with van der Waals surface area (Å²) >= 11 is 0. The van der Waals surface area contributed by atoms with Crippen molar-refractivity contribution in [2.45, 2.75) is 51.7 Å². The van der Waals surface area contributed by atoms with E-state index in [2.05, 4.69) is 17.0 Å². The average molecular weight is 482 g/mol. The molecule has 1 heterocycles. The third-order valence-corrected chi connectivity index (χ3v) is 6.24. The maximum Gasteiger partial charge on any atom is 0.362 e. The predicted molar refractivity (Wildman–Crippen MR) is 132 cm³/mol. The summed E-state index contributed by atoms with van der Waals surface area (Å²) in [7, 11) is 0. The van der Waals surface area contributed by atoms with Gasteiger partial charge in [-0.25, -0.2) is 14.4 Å². The molecular weight excluding hydrogens is 446 g/mol. The second-order valence-electron chi connectivity index (χ2n) is 8.79. The number of benzene rings is 2. The summed E-state index contributed by atoms with van der Waals surface area (Å²) in [6.45, 7) is 6.08. The summed E-state index contributed by atoms with van der Waals surface area (Å²) in [4.78, 5) is 41.6. The number of nitrogens with zero attached hydrogens (tertiary/aromatic N) is 1. The van der Waals surface area contributed by atoms with Gasteiger partial charge in [-0.15, -0.1) is 0 Å². The molecule has 1 unspecified atom stereocenters. The predicted octanol–water partition coefficient (Wildman–Crippen LogP) is 4.40. The first-order chi connectivity index (χ1) is 17.0. The van der Waals surface area contributed by atoms with Crippen molar-refractivity contribution in [3.63, 3.8) is 0 Å². The molecule has 0 aliphatic carbocycles. The molecule has 1 aliphatic rings. The second-order valence-corrected chi connectivity index (χ2v) is 8.79. The molecule has 1 aliphatic heterocycles. The fraction of sp³-hybridized carbons (Fsp3) is 0.464. The number of carbonyl (C=O) groups excluding carboxylic acids is 3. The van der Waals surface area contributed by atoms with E-state index in [4.69, 9.17) is 14.2 Å². The van der Waals surface area contributed by atoms with Gasteiger partial charge in [-0.05, 0) is 63.3 Å². The van der Waals surface area contributed by atoms with Crippen LogP contribution in [0.15, 0.2) is 60.7 Å². The van der Waals surface area contributed by atoms with Gasteiger partial charge in [0.2, 0.25) is 0 Å². The quantitative estimate of drug-likeness (QED) is 0.267. The van der Waals surface area contributed by atoms with E-state index in [1.165, 1.54) is 5.56 Å². The molecule has 2 aromatic rings. The lowest BCUT2D eigenvalue weighted by molar-refractivity contribution is -0.185. The maximum atomic E-state index is 13.1. The normalized spacial score (nSPS) is 16.3. The fourth-order valence-electron chi connectivity index (χ4n) is 4.49. The van der Waals surface area contributed by atoms with Crippen molar-refractivity contribution in [1.29, 1.82) is 0 Å². The van der Waals surface area contributed by atoms with Crippen LogP contribution in [0.2, 0.25) is 0 Å². The Hall–Kier alpha value is -3.19. The first kappa shape index (κ1) is 26.4. The summed E-state index contributed by atoms with van der Waals surface area (Å²) in [6, 6.07) is 18.6. The Morgan fingerprint density at radius 3 is 2.11 bits per heavy atom. The van der Waals surface area contributed by atoms with E-state index in [-0.39, 0.29) is 31.1 Å². The Morgan fingerprint density at radius 2 is 1.51 bits per heavy atom. The molecule has 35 heavy (non-hydrogen) atoms. The van der Waals surface area contributed by atoms with Gasteiger partial charge in [-0.3, -0.25) is 4.90 Å². The largest absolute Gasteiger partial charge is 0.463 e. The number of hydrogen-bond donors (Lipinski definition) is 0. The van der Waals surface area contributed by atoms with E-state index in [0.717, 1.165) is 32.5 Å². The minimum absolute atomic E-state index is 0.00703. The van der Waals surface area contributed by atoms with E-state index in [0.29, 0.717) is 6.42 Å². The van der Waals surface area contributed by atoms with Crippen LogP contribution in [0.1, 0.15) is 55.5 Å². The molecule has 0 amide bonds. The van der Waals surface area contributed by atoms with E-state index < -0.39 is 23.5 Å². The van der Waals surface area contributed by atoms with Crippen LogP contribution in [-0.2, 0) is 30.3 Å². The summed E-state index contributed by atoms with van der Waals surface area (Å²) in [5, 5.41) is 0. The zero-order valence-corrected chi connectivity index (χ0v) is 20.6. The summed E-state index contributed by atoms with van der Waals surface area (Å²) in [6.07, 6.45) is 2.52. The highest BCUT2D eigenvalue weighted by atomic mass is 16.6. The Morgan fingerprint density at radius 1 is 0.914 bits per heavy atom. The molecule has 188 valence electrons. The molecule has 0 saturated carbocycles. The molecule has 1 atom stereocenters. The Balaban J connectivity index is 1.77. The number of esters is 3. The molecule has 2 aromatic carbocycles. The van der Waals surface area contributed by atoms with E-state index in [1.54, 1.807) is 44.2 Å². The number of ether oxygens (including phenoxy) is 3. The first-order valence-corrected chi connectivity index (χ1v) is 12.4. The van der Waals surface area contributed by atoms with Crippen molar-refractivity contribution in [1.82, 2.24) is 4.90 Å². The average Bonchev–Trinajstić information content (AvgIpc) is 2.88.